The molecule has 1 aliphatic rings. The van der Waals surface area contributed by atoms with E-state index in [1.54, 1.807) is 4.90 Å². The third kappa shape index (κ3) is 7.69. The second-order valence-electron chi connectivity index (χ2n) is 8.37. The van der Waals surface area contributed by atoms with E-state index in [9.17, 15) is 32.9 Å². The third-order valence-corrected chi connectivity index (χ3v) is 5.87. The lowest BCUT2D eigenvalue weighted by molar-refractivity contribution is -0.384. The highest BCUT2D eigenvalue weighted by Gasteiger charge is 2.33. The van der Waals surface area contributed by atoms with Crippen molar-refractivity contribution in [2.45, 2.75) is 44.3 Å². The van der Waals surface area contributed by atoms with Crippen molar-refractivity contribution >= 4 is 23.2 Å². The highest BCUT2D eigenvalue weighted by molar-refractivity contribution is 5.78. The summed E-state index contributed by atoms with van der Waals surface area (Å²) in [6, 6.07) is 12.0. The summed E-state index contributed by atoms with van der Waals surface area (Å²) in [6.07, 6.45) is -2.35. The van der Waals surface area contributed by atoms with Crippen molar-refractivity contribution in [2.24, 2.45) is 0 Å². The number of piperidine rings is 1. The van der Waals surface area contributed by atoms with Gasteiger partial charge in [0.25, 0.3) is 5.69 Å². The van der Waals surface area contributed by atoms with Gasteiger partial charge in [0.1, 0.15) is 5.69 Å². The minimum atomic E-state index is -4.69. The number of aryl methyl sites for hydroxylation is 1. The van der Waals surface area contributed by atoms with E-state index < -0.39 is 22.4 Å². The maximum atomic E-state index is 12.8. The first-order valence-electron chi connectivity index (χ1n) is 11.3. The molecule has 0 radical (unpaired) electrons. The lowest BCUT2D eigenvalue weighted by Crippen LogP contribution is -2.46. The second-order valence-corrected chi connectivity index (χ2v) is 8.37. The summed E-state index contributed by atoms with van der Waals surface area (Å²) in [5.41, 5.74) is -0.789. The summed E-state index contributed by atoms with van der Waals surface area (Å²) in [4.78, 5) is 36.6. The molecular weight excluding hydrogens is 465 g/mol. The Morgan fingerprint density at radius 1 is 1.06 bits per heavy atom. The minimum absolute atomic E-state index is 0.00440. The highest BCUT2D eigenvalue weighted by Crippen LogP contribution is 2.34. The van der Waals surface area contributed by atoms with E-state index in [1.807, 2.05) is 30.3 Å². The monoisotopic (exact) mass is 492 g/mol. The first-order chi connectivity index (χ1) is 16.6. The number of alkyl halides is 3. The first kappa shape index (κ1) is 26.0. The molecular formula is C24H27F3N4O4. The van der Waals surface area contributed by atoms with Crippen molar-refractivity contribution in [1.82, 2.24) is 10.2 Å². The molecule has 0 bridgehead atoms. The van der Waals surface area contributed by atoms with E-state index in [4.69, 9.17) is 0 Å². The molecule has 3 rings (SSSR count). The van der Waals surface area contributed by atoms with Gasteiger partial charge in [-0.05, 0) is 37.0 Å². The van der Waals surface area contributed by atoms with E-state index in [0.717, 1.165) is 17.7 Å². The van der Waals surface area contributed by atoms with Gasteiger partial charge < -0.3 is 15.5 Å². The molecule has 1 saturated heterocycles. The fourth-order valence-corrected chi connectivity index (χ4v) is 3.95. The summed E-state index contributed by atoms with van der Waals surface area (Å²) in [5, 5.41) is 16.9. The van der Waals surface area contributed by atoms with Crippen molar-refractivity contribution in [3.63, 3.8) is 0 Å². The molecule has 35 heavy (non-hydrogen) atoms. The first-order valence-corrected chi connectivity index (χ1v) is 11.3. The van der Waals surface area contributed by atoms with Crippen LogP contribution in [0.5, 0.6) is 0 Å². The second kappa shape index (κ2) is 11.7. The van der Waals surface area contributed by atoms with Crippen LogP contribution in [0.1, 0.15) is 36.8 Å². The van der Waals surface area contributed by atoms with Crippen LogP contribution in [0.25, 0.3) is 0 Å². The normalized spacial score (nSPS) is 14.4. The van der Waals surface area contributed by atoms with Gasteiger partial charge in [0.2, 0.25) is 11.8 Å². The van der Waals surface area contributed by atoms with E-state index in [1.165, 1.54) is 0 Å². The van der Waals surface area contributed by atoms with Crippen LogP contribution in [0.3, 0.4) is 0 Å². The quantitative estimate of drug-likeness (QED) is 0.404. The standard InChI is InChI=1S/C24H27F3N4O4/c25-24(26,27)18-7-8-20(21(16-18)31(34)35)28-13-10-23(33)30-14-11-19(12-15-30)29-22(32)9-6-17-4-2-1-3-5-17/h1-5,7-8,16,19,28H,6,9-15H2,(H,29,32). The maximum absolute atomic E-state index is 12.8. The van der Waals surface area contributed by atoms with Crippen LogP contribution >= 0.6 is 0 Å². The minimum Gasteiger partial charge on any atom is -0.379 e. The number of likely N-dealkylation sites (tertiary alicyclic amines) is 1. The summed E-state index contributed by atoms with van der Waals surface area (Å²) < 4.78 is 38.5. The molecule has 188 valence electrons. The largest absolute Gasteiger partial charge is 0.416 e. The van der Waals surface area contributed by atoms with Crippen molar-refractivity contribution in [1.29, 1.82) is 0 Å². The van der Waals surface area contributed by atoms with Gasteiger partial charge in [-0.2, -0.15) is 13.2 Å². The summed E-state index contributed by atoms with van der Waals surface area (Å²) in [7, 11) is 0. The highest BCUT2D eigenvalue weighted by atomic mass is 19.4. The number of nitrogens with zero attached hydrogens (tertiary/aromatic N) is 2. The molecule has 0 atom stereocenters. The Bertz CT molecular complexity index is 1040. The Kier molecular flexibility index (Phi) is 8.67. The van der Waals surface area contributed by atoms with Crippen LogP contribution in [0, 0.1) is 10.1 Å². The molecule has 0 aromatic heterocycles. The average Bonchev–Trinajstić information content (AvgIpc) is 2.83. The number of amides is 2. The number of carbonyl (C=O) groups excluding carboxylic acids is 2. The van der Waals surface area contributed by atoms with Gasteiger partial charge >= 0.3 is 6.18 Å². The lowest BCUT2D eigenvalue weighted by Gasteiger charge is -2.32. The Hall–Kier alpha value is -3.63. The van der Waals surface area contributed by atoms with Crippen molar-refractivity contribution in [2.75, 3.05) is 25.0 Å². The third-order valence-electron chi connectivity index (χ3n) is 5.87. The van der Waals surface area contributed by atoms with E-state index >= 15 is 0 Å². The number of hydrogen-bond donors (Lipinski definition) is 2. The molecule has 0 unspecified atom stereocenters. The Labute approximate surface area is 200 Å². The number of hydrogen-bond acceptors (Lipinski definition) is 5. The molecule has 2 aromatic carbocycles. The van der Waals surface area contributed by atoms with Crippen LogP contribution in [-0.4, -0.2) is 47.3 Å². The van der Waals surface area contributed by atoms with Crippen molar-refractivity contribution in [3.05, 3.63) is 69.8 Å². The molecule has 0 saturated carbocycles. The summed E-state index contributed by atoms with van der Waals surface area (Å²) in [5.74, 6) is -0.193. The zero-order valence-corrected chi connectivity index (χ0v) is 19.0. The number of anilines is 1. The molecule has 1 heterocycles. The molecule has 8 nitrogen and oxygen atoms in total. The van der Waals surface area contributed by atoms with Gasteiger partial charge in [-0.1, -0.05) is 30.3 Å². The topological polar surface area (TPSA) is 105 Å². The van der Waals surface area contributed by atoms with Crippen LogP contribution in [0.15, 0.2) is 48.5 Å². The molecule has 11 heteroatoms. The average molecular weight is 492 g/mol. The van der Waals surface area contributed by atoms with Crippen LogP contribution in [0.4, 0.5) is 24.5 Å². The SMILES string of the molecule is O=C(CCc1ccccc1)NC1CCN(C(=O)CCNc2ccc(C(F)(F)F)cc2[N+](=O)[O-])CC1. The lowest BCUT2D eigenvalue weighted by atomic mass is 10.0. The number of nitrogens with one attached hydrogen (secondary N) is 2. The predicted molar refractivity (Wildman–Crippen MR) is 124 cm³/mol. The van der Waals surface area contributed by atoms with E-state index in [0.29, 0.717) is 44.8 Å². The smallest absolute Gasteiger partial charge is 0.379 e. The molecule has 2 aromatic rings. The zero-order valence-electron chi connectivity index (χ0n) is 19.0. The Balaban J connectivity index is 1.40. The van der Waals surface area contributed by atoms with Gasteiger partial charge in [-0.25, -0.2) is 0 Å². The molecule has 1 fully saturated rings. The molecule has 1 aliphatic heterocycles. The number of nitro benzene ring substituents is 1. The van der Waals surface area contributed by atoms with Gasteiger partial charge in [-0.15, -0.1) is 0 Å². The molecule has 2 amide bonds. The fourth-order valence-electron chi connectivity index (χ4n) is 3.95. The fraction of sp³-hybridized carbons (Fsp3) is 0.417. The summed E-state index contributed by atoms with van der Waals surface area (Å²) in [6.45, 7) is 0.993. The van der Waals surface area contributed by atoms with Gasteiger partial charge in [0.05, 0.1) is 10.5 Å². The number of benzene rings is 2. The summed E-state index contributed by atoms with van der Waals surface area (Å²) >= 11 is 0. The zero-order chi connectivity index (χ0) is 25.4. The van der Waals surface area contributed by atoms with Crippen molar-refractivity contribution in [3.8, 4) is 0 Å². The van der Waals surface area contributed by atoms with Gasteiger partial charge in [-0.3, -0.25) is 19.7 Å². The van der Waals surface area contributed by atoms with E-state index in [2.05, 4.69) is 10.6 Å². The van der Waals surface area contributed by atoms with Crippen LogP contribution in [0.2, 0.25) is 0 Å². The van der Waals surface area contributed by atoms with Gasteiger partial charge in [0, 0.05) is 44.6 Å². The Morgan fingerprint density at radius 2 is 1.74 bits per heavy atom. The number of rotatable bonds is 9. The maximum Gasteiger partial charge on any atom is 0.416 e. The molecule has 0 aliphatic carbocycles. The van der Waals surface area contributed by atoms with Crippen LogP contribution < -0.4 is 10.6 Å². The van der Waals surface area contributed by atoms with Gasteiger partial charge in [0.15, 0.2) is 0 Å². The number of nitro groups is 1. The molecule has 2 N–H and O–H groups in total. The predicted octanol–water partition coefficient (Wildman–Crippen LogP) is 4.16. The van der Waals surface area contributed by atoms with E-state index in [-0.39, 0.29) is 36.5 Å². The number of carbonyl (C=O) groups is 2. The van der Waals surface area contributed by atoms with Crippen LogP contribution in [-0.2, 0) is 22.2 Å². The number of halogens is 3. The van der Waals surface area contributed by atoms with Crippen molar-refractivity contribution < 1.29 is 27.7 Å². The molecule has 0 spiro atoms. The Morgan fingerprint density at radius 3 is 2.37 bits per heavy atom.